The molecule has 0 bridgehead atoms. The first-order valence-corrected chi connectivity index (χ1v) is 8.10. The lowest BCUT2D eigenvalue weighted by molar-refractivity contribution is 0.141. The molecule has 1 aliphatic heterocycles. The number of hydrogen-bond acceptors (Lipinski definition) is 2. The number of aliphatic hydroxyl groups excluding tert-OH is 1. The van der Waals surface area contributed by atoms with Gasteiger partial charge in [-0.05, 0) is 33.9 Å². The highest BCUT2D eigenvalue weighted by atomic mass is 16.5. The van der Waals surface area contributed by atoms with E-state index in [0.29, 0.717) is 13.2 Å². The van der Waals surface area contributed by atoms with E-state index in [1.807, 2.05) is 0 Å². The number of fused-ring (bicyclic) bond motifs is 1. The molecular formula is C21H20O2. The summed E-state index contributed by atoms with van der Waals surface area (Å²) in [4.78, 5) is 0. The van der Waals surface area contributed by atoms with Gasteiger partial charge in [-0.25, -0.2) is 0 Å². The van der Waals surface area contributed by atoms with E-state index >= 15 is 0 Å². The molecule has 0 radical (unpaired) electrons. The lowest BCUT2D eigenvalue weighted by atomic mass is 9.76. The third-order valence-corrected chi connectivity index (χ3v) is 4.98. The minimum atomic E-state index is -0.284. The van der Waals surface area contributed by atoms with Crippen molar-refractivity contribution in [3.8, 4) is 11.1 Å². The maximum Gasteiger partial charge on any atom is 0.0586 e. The zero-order valence-electron chi connectivity index (χ0n) is 13.0. The van der Waals surface area contributed by atoms with Crippen LogP contribution in [0.1, 0.15) is 12.0 Å². The Kier molecular flexibility index (Phi) is 3.64. The molecule has 2 heteroatoms. The average Bonchev–Trinajstić information content (AvgIpc) is 3.11. The number of aliphatic hydroxyl groups is 1. The van der Waals surface area contributed by atoms with Gasteiger partial charge in [0, 0.05) is 12.0 Å². The number of ether oxygens (including phenoxy) is 1. The molecule has 4 rings (SSSR count). The van der Waals surface area contributed by atoms with Gasteiger partial charge >= 0.3 is 0 Å². The highest BCUT2D eigenvalue weighted by molar-refractivity contribution is 5.97. The topological polar surface area (TPSA) is 29.5 Å². The van der Waals surface area contributed by atoms with Crippen molar-refractivity contribution >= 4 is 10.8 Å². The second kappa shape index (κ2) is 5.80. The summed E-state index contributed by atoms with van der Waals surface area (Å²) in [5.41, 5.74) is 3.33. The molecule has 1 heterocycles. The Hall–Kier alpha value is -2.16. The molecule has 0 saturated carbocycles. The third kappa shape index (κ3) is 2.35. The fraction of sp³-hybridized carbons (Fsp3) is 0.238. The smallest absolute Gasteiger partial charge is 0.0586 e. The van der Waals surface area contributed by atoms with E-state index in [1.165, 1.54) is 27.5 Å². The van der Waals surface area contributed by atoms with Gasteiger partial charge in [-0.2, -0.15) is 0 Å². The second-order valence-corrected chi connectivity index (χ2v) is 6.31. The van der Waals surface area contributed by atoms with E-state index in [2.05, 4.69) is 66.7 Å². The molecule has 2 nitrogen and oxygen atoms in total. The van der Waals surface area contributed by atoms with Crippen molar-refractivity contribution in [2.45, 2.75) is 11.8 Å². The maximum atomic E-state index is 10.1. The number of benzene rings is 3. The molecule has 0 spiro atoms. The van der Waals surface area contributed by atoms with E-state index < -0.39 is 0 Å². The quantitative estimate of drug-likeness (QED) is 0.787. The van der Waals surface area contributed by atoms with Crippen LogP contribution >= 0.6 is 0 Å². The van der Waals surface area contributed by atoms with Gasteiger partial charge in [-0.3, -0.25) is 0 Å². The van der Waals surface area contributed by atoms with Gasteiger partial charge in [-0.15, -0.1) is 0 Å². The molecule has 1 unspecified atom stereocenters. The minimum Gasteiger partial charge on any atom is -0.395 e. The van der Waals surface area contributed by atoms with Gasteiger partial charge in [0.05, 0.1) is 13.2 Å². The zero-order chi connectivity index (χ0) is 15.7. The maximum absolute atomic E-state index is 10.1. The van der Waals surface area contributed by atoms with Crippen LogP contribution in [0.2, 0.25) is 0 Å². The number of hydrogen-bond donors (Lipinski definition) is 1. The summed E-state index contributed by atoms with van der Waals surface area (Å²) in [5, 5.41) is 12.6. The van der Waals surface area contributed by atoms with Crippen molar-refractivity contribution in [2.24, 2.45) is 0 Å². The summed E-state index contributed by atoms with van der Waals surface area (Å²) < 4.78 is 5.62. The predicted octanol–water partition coefficient (Wildman–Crippen LogP) is 4.16. The molecule has 23 heavy (non-hydrogen) atoms. The Labute approximate surface area is 136 Å². The van der Waals surface area contributed by atoms with Crippen LogP contribution in [-0.2, 0) is 10.2 Å². The SMILES string of the molecule is OCC1(c2ccccc2-c2cccc3ccccc23)CCOC1. The first-order chi connectivity index (χ1) is 11.3. The van der Waals surface area contributed by atoms with Gasteiger partial charge < -0.3 is 9.84 Å². The Morgan fingerprint density at radius 2 is 1.61 bits per heavy atom. The van der Waals surface area contributed by atoms with E-state index in [9.17, 15) is 5.11 Å². The summed E-state index contributed by atoms with van der Waals surface area (Å²) in [6.07, 6.45) is 0.866. The normalized spacial score (nSPS) is 20.9. The molecule has 1 saturated heterocycles. The molecule has 3 aromatic carbocycles. The molecule has 116 valence electrons. The average molecular weight is 304 g/mol. The van der Waals surface area contributed by atoms with Crippen LogP contribution in [0.5, 0.6) is 0 Å². The summed E-state index contributed by atoms with van der Waals surface area (Å²) in [6, 6.07) is 23.3. The van der Waals surface area contributed by atoms with Crippen LogP contribution < -0.4 is 0 Å². The van der Waals surface area contributed by atoms with Crippen LogP contribution in [0.25, 0.3) is 21.9 Å². The van der Waals surface area contributed by atoms with Gasteiger partial charge in [-0.1, -0.05) is 66.7 Å². The van der Waals surface area contributed by atoms with Crippen LogP contribution in [0, 0.1) is 0 Å². The van der Waals surface area contributed by atoms with Gasteiger partial charge in [0.1, 0.15) is 0 Å². The minimum absolute atomic E-state index is 0.120. The molecular weight excluding hydrogens is 284 g/mol. The van der Waals surface area contributed by atoms with Crippen LogP contribution in [0.4, 0.5) is 0 Å². The molecule has 1 N–H and O–H groups in total. The van der Waals surface area contributed by atoms with Crippen molar-refractivity contribution in [2.75, 3.05) is 19.8 Å². The molecule has 0 aromatic heterocycles. The number of rotatable bonds is 3. The van der Waals surface area contributed by atoms with Crippen molar-refractivity contribution < 1.29 is 9.84 Å². The summed E-state index contributed by atoms with van der Waals surface area (Å²) >= 11 is 0. The lowest BCUT2D eigenvalue weighted by Crippen LogP contribution is -2.31. The zero-order valence-corrected chi connectivity index (χ0v) is 13.0. The molecule has 0 amide bonds. The van der Waals surface area contributed by atoms with Crippen LogP contribution in [0.15, 0.2) is 66.7 Å². The molecule has 1 fully saturated rings. The van der Waals surface area contributed by atoms with Crippen LogP contribution in [-0.4, -0.2) is 24.9 Å². The standard InChI is InChI=1S/C21H20O2/c22-14-21(12-13-23-15-21)20-11-4-3-9-19(20)18-10-5-7-16-6-1-2-8-17(16)18/h1-11,22H,12-15H2. The Morgan fingerprint density at radius 1 is 0.870 bits per heavy atom. The van der Waals surface area contributed by atoms with Gasteiger partial charge in [0.2, 0.25) is 0 Å². The highest BCUT2D eigenvalue weighted by Gasteiger charge is 2.37. The fourth-order valence-corrected chi connectivity index (χ4v) is 3.67. The van der Waals surface area contributed by atoms with Crippen molar-refractivity contribution in [3.05, 3.63) is 72.3 Å². The molecule has 1 atom stereocenters. The Bertz CT molecular complexity index is 827. The summed E-state index contributed by atoms with van der Waals surface area (Å²) in [6.45, 7) is 1.42. The first kappa shape index (κ1) is 14.4. The Balaban J connectivity index is 1.96. The van der Waals surface area contributed by atoms with E-state index in [0.717, 1.165) is 6.42 Å². The van der Waals surface area contributed by atoms with Crippen molar-refractivity contribution in [3.63, 3.8) is 0 Å². The van der Waals surface area contributed by atoms with Crippen molar-refractivity contribution in [1.29, 1.82) is 0 Å². The molecule has 3 aromatic rings. The first-order valence-electron chi connectivity index (χ1n) is 8.10. The second-order valence-electron chi connectivity index (χ2n) is 6.31. The van der Waals surface area contributed by atoms with E-state index in [-0.39, 0.29) is 12.0 Å². The lowest BCUT2D eigenvalue weighted by Gasteiger charge is -2.28. The van der Waals surface area contributed by atoms with E-state index in [1.54, 1.807) is 0 Å². The summed E-state index contributed by atoms with van der Waals surface area (Å²) in [7, 11) is 0. The van der Waals surface area contributed by atoms with Crippen LogP contribution in [0.3, 0.4) is 0 Å². The predicted molar refractivity (Wildman–Crippen MR) is 93.6 cm³/mol. The summed E-state index contributed by atoms with van der Waals surface area (Å²) in [5.74, 6) is 0. The molecule has 1 aliphatic rings. The largest absolute Gasteiger partial charge is 0.395 e. The Morgan fingerprint density at radius 3 is 2.43 bits per heavy atom. The van der Waals surface area contributed by atoms with Crippen molar-refractivity contribution in [1.82, 2.24) is 0 Å². The van der Waals surface area contributed by atoms with Gasteiger partial charge in [0.15, 0.2) is 0 Å². The third-order valence-electron chi connectivity index (χ3n) is 4.98. The fourth-order valence-electron chi connectivity index (χ4n) is 3.67. The van der Waals surface area contributed by atoms with E-state index in [4.69, 9.17) is 4.74 Å². The molecule has 0 aliphatic carbocycles. The highest BCUT2D eigenvalue weighted by Crippen LogP contribution is 2.40. The monoisotopic (exact) mass is 304 g/mol. The van der Waals surface area contributed by atoms with Gasteiger partial charge in [0.25, 0.3) is 0 Å².